The number of amides is 3. The van der Waals surface area contributed by atoms with Crippen molar-refractivity contribution in [2.45, 2.75) is 31.6 Å². The Morgan fingerprint density at radius 2 is 1.90 bits per heavy atom. The SMILES string of the molecule is O=C(CN1C(=O)SC(=C2CCC(F)(F)CC2)C1=O)Nc1ccc(-c2cnn[nH]2)cc1. The van der Waals surface area contributed by atoms with Crippen molar-refractivity contribution >= 4 is 34.5 Å². The molecule has 3 amide bonds. The molecule has 156 valence electrons. The van der Waals surface area contributed by atoms with Crippen molar-refractivity contribution in [2.75, 3.05) is 11.9 Å². The Bertz CT molecular complexity index is 1010. The Morgan fingerprint density at radius 3 is 2.53 bits per heavy atom. The van der Waals surface area contributed by atoms with Crippen molar-refractivity contribution in [3.8, 4) is 11.3 Å². The van der Waals surface area contributed by atoms with Gasteiger partial charge in [-0.05, 0) is 36.7 Å². The van der Waals surface area contributed by atoms with Crippen molar-refractivity contribution in [3.63, 3.8) is 0 Å². The number of halogens is 2. The fourth-order valence-electron chi connectivity index (χ4n) is 3.31. The van der Waals surface area contributed by atoms with E-state index in [9.17, 15) is 23.2 Å². The van der Waals surface area contributed by atoms with Crippen LogP contribution in [0.3, 0.4) is 0 Å². The number of aromatic amines is 1. The second-order valence-corrected chi connectivity index (χ2v) is 8.01. The van der Waals surface area contributed by atoms with Crippen molar-refractivity contribution in [1.82, 2.24) is 20.3 Å². The van der Waals surface area contributed by atoms with Gasteiger partial charge in [0, 0.05) is 24.1 Å². The van der Waals surface area contributed by atoms with Crippen LogP contribution >= 0.6 is 11.8 Å². The average molecular weight is 433 g/mol. The first kappa shape index (κ1) is 20.2. The summed E-state index contributed by atoms with van der Waals surface area (Å²) in [6.07, 6.45) is 1.05. The van der Waals surface area contributed by atoms with E-state index in [4.69, 9.17) is 0 Å². The van der Waals surface area contributed by atoms with E-state index in [1.807, 2.05) is 0 Å². The van der Waals surface area contributed by atoms with Gasteiger partial charge in [0.15, 0.2) is 0 Å². The number of carbonyl (C=O) groups excluding carboxylic acids is 3. The van der Waals surface area contributed by atoms with Crippen LogP contribution in [0.15, 0.2) is 40.9 Å². The lowest BCUT2D eigenvalue weighted by Gasteiger charge is -2.24. The molecule has 1 aromatic heterocycles. The number of hydrogen-bond donors (Lipinski definition) is 2. The molecule has 1 saturated heterocycles. The summed E-state index contributed by atoms with van der Waals surface area (Å²) >= 11 is 0.714. The van der Waals surface area contributed by atoms with E-state index < -0.39 is 29.5 Å². The lowest BCUT2D eigenvalue weighted by atomic mass is 9.91. The third-order valence-corrected chi connectivity index (χ3v) is 6.01. The normalized spacial score (nSPS) is 18.8. The number of imide groups is 1. The lowest BCUT2D eigenvalue weighted by molar-refractivity contribution is -0.127. The molecule has 4 rings (SSSR count). The molecule has 1 saturated carbocycles. The molecule has 2 fully saturated rings. The summed E-state index contributed by atoms with van der Waals surface area (Å²) in [5.74, 6) is -3.86. The Labute approximate surface area is 174 Å². The molecule has 1 aliphatic heterocycles. The van der Waals surface area contributed by atoms with Crippen LogP contribution in [0.5, 0.6) is 0 Å². The monoisotopic (exact) mass is 433 g/mol. The van der Waals surface area contributed by atoms with Crippen LogP contribution in [0, 0.1) is 0 Å². The average Bonchev–Trinajstić information content (AvgIpc) is 3.33. The summed E-state index contributed by atoms with van der Waals surface area (Å²) in [7, 11) is 0. The lowest BCUT2D eigenvalue weighted by Crippen LogP contribution is -2.36. The standard InChI is InChI=1S/C19H17F2N5O3S/c20-19(21)7-5-12(6-8-19)16-17(28)26(18(29)30-16)10-15(27)23-13-3-1-11(2-4-13)14-9-22-25-24-14/h1-4,9H,5-8,10H2,(H,23,27)(H,22,24,25). The van der Waals surface area contributed by atoms with Gasteiger partial charge in [0.25, 0.3) is 11.1 Å². The van der Waals surface area contributed by atoms with Gasteiger partial charge in [-0.25, -0.2) is 8.78 Å². The molecule has 2 heterocycles. The largest absolute Gasteiger partial charge is 0.325 e. The highest BCUT2D eigenvalue weighted by Gasteiger charge is 2.41. The molecule has 0 spiro atoms. The van der Waals surface area contributed by atoms with Crippen molar-refractivity contribution in [2.24, 2.45) is 0 Å². The molecule has 0 radical (unpaired) electrons. The molecule has 1 aliphatic carbocycles. The molecule has 1 aromatic carbocycles. The van der Waals surface area contributed by atoms with Gasteiger partial charge in [-0.3, -0.25) is 24.4 Å². The van der Waals surface area contributed by atoms with E-state index in [-0.39, 0.29) is 30.6 Å². The number of allylic oxidation sites excluding steroid dienone is 1. The van der Waals surface area contributed by atoms with Gasteiger partial charge >= 0.3 is 0 Å². The number of hydrogen-bond acceptors (Lipinski definition) is 6. The fourth-order valence-corrected chi connectivity index (χ4v) is 4.29. The Hall–Kier alpha value is -3.08. The van der Waals surface area contributed by atoms with Crippen LogP contribution in [-0.2, 0) is 9.59 Å². The van der Waals surface area contributed by atoms with Gasteiger partial charge in [-0.2, -0.15) is 0 Å². The minimum atomic E-state index is -2.73. The second kappa shape index (κ2) is 7.98. The quantitative estimate of drug-likeness (QED) is 0.714. The summed E-state index contributed by atoms with van der Waals surface area (Å²) < 4.78 is 26.7. The third kappa shape index (κ3) is 4.25. The van der Waals surface area contributed by atoms with Crippen LogP contribution in [-0.4, -0.2) is 49.8 Å². The Kier molecular flexibility index (Phi) is 5.37. The molecule has 30 heavy (non-hydrogen) atoms. The smallest absolute Gasteiger partial charge is 0.294 e. The Morgan fingerprint density at radius 1 is 1.20 bits per heavy atom. The first-order valence-electron chi connectivity index (χ1n) is 9.22. The summed E-state index contributed by atoms with van der Waals surface area (Å²) in [5, 5.41) is 12.1. The topological polar surface area (TPSA) is 108 Å². The number of benzene rings is 1. The number of rotatable bonds is 4. The maximum atomic E-state index is 13.3. The fraction of sp³-hybridized carbons (Fsp3) is 0.316. The maximum Gasteiger partial charge on any atom is 0.294 e. The Balaban J connectivity index is 1.38. The van der Waals surface area contributed by atoms with Crippen molar-refractivity contribution in [3.05, 3.63) is 40.9 Å². The van der Waals surface area contributed by atoms with Crippen LogP contribution in [0.4, 0.5) is 19.3 Å². The summed E-state index contributed by atoms with van der Waals surface area (Å²) in [6, 6.07) is 6.86. The number of H-pyrrole nitrogens is 1. The van der Waals surface area contributed by atoms with E-state index in [0.29, 0.717) is 23.0 Å². The summed E-state index contributed by atoms with van der Waals surface area (Å²) in [4.78, 5) is 38.2. The minimum absolute atomic E-state index is 0.0760. The van der Waals surface area contributed by atoms with Gasteiger partial charge in [-0.15, -0.1) is 5.10 Å². The molecule has 2 aromatic rings. The molecule has 2 aliphatic rings. The summed E-state index contributed by atoms with van der Waals surface area (Å²) in [6.45, 7) is -0.441. The van der Waals surface area contributed by atoms with E-state index in [1.165, 1.54) is 0 Å². The summed E-state index contributed by atoms with van der Waals surface area (Å²) in [5.41, 5.74) is 2.61. The molecular formula is C19H17F2N5O3S. The number of nitrogens with zero attached hydrogens (tertiary/aromatic N) is 3. The predicted molar refractivity (Wildman–Crippen MR) is 106 cm³/mol. The van der Waals surface area contributed by atoms with E-state index in [2.05, 4.69) is 20.7 Å². The maximum absolute atomic E-state index is 13.3. The highest BCUT2D eigenvalue weighted by atomic mass is 32.2. The van der Waals surface area contributed by atoms with Gasteiger partial charge in [0.2, 0.25) is 11.8 Å². The van der Waals surface area contributed by atoms with Crippen LogP contribution < -0.4 is 5.32 Å². The number of carbonyl (C=O) groups is 3. The first-order chi connectivity index (χ1) is 14.3. The van der Waals surface area contributed by atoms with Gasteiger partial charge in [0.1, 0.15) is 6.54 Å². The molecule has 11 heteroatoms. The van der Waals surface area contributed by atoms with Crippen LogP contribution in [0.2, 0.25) is 0 Å². The van der Waals surface area contributed by atoms with Gasteiger partial charge in [0.05, 0.1) is 16.8 Å². The minimum Gasteiger partial charge on any atom is -0.325 e. The zero-order valence-electron chi connectivity index (χ0n) is 15.7. The van der Waals surface area contributed by atoms with Crippen LogP contribution in [0.25, 0.3) is 11.3 Å². The molecule has 0 atom stereocenters. The zero-order chi connectivity index (χ0) is 21.3. The zero-order valence-corrected chi connectivity index (χ0v) is 16.5. The first-order valence-corrected chi connectivity index (χ1v) is 10.0. The molecule has 2 N–H and O–H groups in total. The van der Waals surface area contributed by atoms with Gasteiger partial charge in [-0.1, -0.05) is 22.9 Å². The number of aromatic nitrogens is 3. The highest BCUT2D eigenvalue weighted by molar-refractivity contribution is 8.18. The molecule has 0 unspecified atom stereocenters. The third-order valence-electron chi connectivity index (χ3n) is 4.95. The molecule has 0 bridgehead atoms. The number of nitrogens with one attached hydrogen (secondary N) is 2. The predicted octanol–water partition coefficient (Wildman–Crippen LogP) is 3.57. The van der Waals surface area contributed by atoms with Gasteiger partial charge < -0.3 is 5.32 Å². The molecule has 8 nitrogen and oxygen atoms in total. The van der Waals surface area contributed by atoms with E-state index in [0.717, 1.165) is 16.2 Å². The highest BCUT2D eigenvalue weighted by Crippen LogP contribution is 2.42. The second-order valence-electron chi connectivity index (χ2n) is 7.04. The molecular weight excluding hydrogens is 416 g/mol. The van der Waals surface area contributed by atoms with E-state index in [1.54, 1.807) is 30.5 Å². The number of anilines is 1. The van der Waals surface area contributed by atoms with Crippen molar-refractivity contribution < 1.29 is 23.2 Å². The van der Waals surface area contributed by atoms with Crippen LogP contribution in [0.1, 0.15) is 25.7 Å². The van der Waals surface area contributed by atoms with E-state index >= 15 is 0 Å². The van der Waals surface area contributed by atoms with Crippen molar-refractivity contribution in [1.29, 1.82) is 0 Å². The number of thioether (sulfide) groups is 1. The number of alkyl halides is 2.